The van der Waals surface area contributed by atoms with Crippen LogP contribution < -0.4 is 4.90 Å². The number of hydrogen-bond acceptors (Lipinski definition) is 10. The fourth-order valence-electron chi connectivity index (χ4n) is 4.32. The molecule has 46 heavy (non-hydrogen) atoms. The molecule has 2 radical (unpaired) electrons. The third kappa shape index (κ3) is 8.37. The third-order valence-corrected chi connectivity index (χ3v) is 7.52. The number of fused-ring (bicyclic) bond motifs is 1. The van der Waals surface area contributed by atoms with Gasteiger partial charge in [0.15, 0.2) is 5.75 Å². The maximum atomic E-state index is 12.1. The molecule has 224 valence electrons. The van der Waals surface area contributed by atoms with Gasteiger partial charge in [0.05, 0.1) is 17.1 Å². The number of phenolic OH excluding ortho intramolecular Hbond substituents is 1. The van der Waals surface area contributed by atoms with Crippen LogP contribution in [0, 0.1) is 0 Å². The monoisotopic (exact) mass is 657 g/mol. The third-order valence-electron chi connectivity index (χ3n) is 6.66. The second kappa shape index (κ2) is 15.3. The van der Waals surface area contributed by atoms with E-state index in [0.29, 0.717) is 22.1 Å². The van der Waals surface area contributed by atoms with E-state index in [1.165, 1.54) is 24.3 Å². The number of hydrogen-bond donors (Lipinski definition) is 4. The Morgan fingerprint density at radius 3 is 1.74 bits per heavy atom. The molecule has 4 N–H and O–H groups in total. The van der Waals surface area contributed by atoms with Gasteiger partial charge in [-0.3, -0.25) is 4.55 Å². The number of azo groups is 2. The van der Waals surface area contributed by atoms with E-state index in [1.807, 2.05) is 31.1 Å². The predicted octanol–water partition coefficient (Wildman–Crippen LogP) is 7.00. The average molecular weight is 658 g/mol. The van der Waals surface area contributed by atoms with Gasteiger partial charge in [-0.05, 0) is 77.2 Å². The molecule has 0 fully saturated rings. The maximum Gasteiger partial charge on any atom is 0.339 e. The SMILES string of the molecule is CN(C)c1ccc2cc(S(=O)(=O)O)c(N=Nc3ccc(-c4ccc(N=Nc5ccc(O)c(C(=O)O)c5)cc4)cc3)c(O)c2c1.[Na].[Na]. The van der Waals surface area contributed by atoms with Crippen molar-refractivity contribution in [3.63, 3.8) is 0 Å². The van der Waals surface area contributed by atoms with Gasteiger partial charge in [0.1, 0.15) is 21.9 Å². The van der Waals surface area contributed by atoms with E-state index in [2.05, 4.69) is 20.5 Å². The van der Waals surface area contributed by atoms with Crippen LogP contribution in [0.4, 0.5) is 28.4 Å². The first-order valence-electron chi connectivity index (χ1n) is 13.0. The topological polar surface area (TPSA) is 185 Å². The number of aromatic hydroxyl groups is 2. The van der Waals surface area contributed by atoms with Gasteiger partial charge in [-0.15, -0.1) is 5.11 Å². The van der Waals surface area contributed by atoms with Crippen LogP contribution in [0.1, 0.15) is 10.4 Å². The van der Waals surface area contributed by atoms with Gasteiger partial charge in [0.25, 0.3) is 10.1 Å². The quantitative estimate of drug-likeness (QED) is 0.0781. The van der Waals surface area contributed by atoms with Crippen molar-refractivity contribution < 1.29 is 33.1 Å². The molecule has 0 aliphatic rings. The van der Waals surface area contributed by atoms with Crippen LogP contribution in [0.2, 0.25) is 0 Å². The largest absolute Gasteiger partial charge is 0.507 e. The van der Waals surface area contributed by atoms with Crippen molar-refractivity contribution in [2.45, 2.75) is 4.90 Å². The second-order valence-corrected chi connectivity index (χ2v) is 11.2. The fraction of sp³-hybridized carbons (Fsp3) is 0.0645. The summed E-state index contributed by atoms with van der Waals surface area (Å²) in [5, 5.41) is 46.7. The van der Waals surface area contributed by atoms with Crippen molar-refractivity contribution >= 4 is 114 Å². The minimum atomic E-state index is -4.72. The molecule has 12 nitrogen and oxygen atoms in total. The Labute approximate surface area is 308 Å². The molecule has 0 aliphatic carbocycles. The normalized spacial score (nSPS) is 11.4. The Kier molecular flexibility index (Phi) is 12.2. The van der Waals surface area contributed by atoms with Gasteiger partial charge in [-0.25, -0.2) is 4.79 Å². The number of nitrogens with zero attached hydrogens (tertiary/aromatic N) is 5. The number of anilines is 1. The minimum absolute atomic E-state index is 0. The first-order valence-corrected chi connectivity index (χ1v) is 14.4. The van der Waals surface area contributed by atoms with Crippen molar-refractivity contribution in [2.75, 3.05) is 19.0 Å². The summed E-state index contributed by atoms with van der Waals surface area (Å²) in [6.07, 6.45) is 0. The maximum absolute atomic E-state index is 12.1. The Balaban J connectivity index is 0.00000288. The van der Waals surface area contributed by atoms with Crippen molar-refractivity contribution in [3.05, 3.63) is 96.6 Å². The number of rotatable bonds is 8. The summed E-state index contributed by atoms with van der Waals surface area (Å²) >= 11 is 0. The van der Waals surface area contributed by atoms with Gasteiger partial charge in [-0.1, -0.05) is 30.3 Å². The molecule has 0 aromatic heterocycles. The number of phenols is 2. The van der Waals surface area contributed by atoms with Crippen LogP contribution in [0.25, 0.3) is 21.9 Å². The van der Waals surface area contributed by atoms with E-state index in [-0.39, 0.29) is 81.8 Å². The molecule has 5 rings (SSSR count). The number of carboxylic acid groups (broad SMARTS) is 1. The van der Waals surface area contributed by atoms with Gasteiger partial charge >= 0.3 is 5.97 Å². The first kappa shape index (κ1) is 36.8. The summed E-state index contributed by atoms with van der Waals surface area (Å²) in [6, 6.07) is 24.2. The zero-order valence-corrected chi connectivity index (χ0v) is 30.1. The molecule has 0 unspecified atom stereocenters. The van der Waals surface area contributed by atoms with Crippen molar-refractivity contribution in [1.29, 1.82) is 0 Å². The van der Waals surface area contributed by atoms with E-state index in [4.69, 9.17) is 5.11 Å². The Bertz CT molecular complexity index is 2070. The number of carboxylic acids is 1. The number of aromatic carboxylic acids is 1. The van der Waals surface area contributed by atoms with Crippen LogP contribution in [0.5, 0.6) is 11.5 Å². The van der Waals surface area contributed by atoms with Crippen LogP contribution in [0.15, 0.2) is 116 Å². The minimum Gasteiger partial charge on any atom is -0.507 e. The average Bonchev–Trinajstić information content (AvgIpc) is 3.00. The van der Waals surface area contributed by atoms with Gasteiger partial charge in [-0.2, -0.15) is 23.8 Å². The van der Waals surface area contributed by atoms with Crippen LogP contribution >= 0.6 is 0 Å². The van der Waals surface area contributed by atoms with E-state index in [0.717, 1.165) is 16.8 Å². The van der Waals surface area contributed by atoms with Crippen LogP contribution in [0.3, 0.4) is 0 Å². The standard InChI is InChI=1S/C31H25N5O7S.2Na/c1-36(2)24-13-7-20-15-28(44(41,42)43)29(30(38)25(20)17-24)35-33-22-10-5-19(6-11-22)18-3-8-21(9-4-18)32-34-23-12-14-27(37)26(16-23)31(39)40;;/h3-17,37-38H,1-2H3,(H,39,40)(H,41,42,43);;. The van der Waals surface area contributed by atoms with E-state index in [1.54, 1.807) is 54.6 Å². The molecule has 15 heteroatoms. The number of carbonyl (C=O) groups is 1. The molecule has 0 saturated carbocycles. The summed E-state index contributed by atoms with van der Waals surface area (Å²) < 4.78 is 34.0. The summed E-state index contributed by atoms with van der Waals surface area (Å²) in [5.41, 5.74) is 2.97. The summed E-state index contributed by atoms with van der Waals surface area (Å²) in [7, 11) is -1.07. The molecule has 5 aromatic rings. The van der Waals surface area contributed by atoms with E-state index < -0.39 is 26.7 Å². The smallest absolute Gasteiger partial charge is 0.339 e. The van der Waals surface area contributed by atoms with Crippen LogP contribution in [-0.4, -0.2) is 107 Å². The van der Waals surface area contributed by atoms with Gasteiger partial charge < -0.3 is 20.2 Å². The Hall–Kier alpha value is -3.66. The predicted molar refractivity (Wildman–Crippen MR) is 177 cm³/mol. The zero-order valence-electron chi connectivity index (χ0n) is 25.3. The number of benzene rings is 5. The molecule has 5 aromatic carbocycles. The molecule has 0 atom stereocenters. The molecule has 0 heterocycles. The van der Waals surface area contributed by atoms with Crippen LogP contribution in [-0.2, 0) is 10.1 Å². The zero-order chi connectivity index (χ0) is 31.6. The molecule has 0 aliphatic heterocycles. The molecule has 0 saturated heterocycles. The van der Waals surface area contributed by atoms with Crippen molar-refractivity contribution in [3.8, 4) is 22.6 Å². The summed E-state index contributed by atoms with van der Waals surface area (Å²) in [4.78, 5) is 12.5. The molecule has 0 spiro atoms. The van der Waals surface area contributed by atoms with E-state index >= 15 is 0 Å². The van der Waals surface area contributed by atoms with Gasteiger partial charge in [0, 0.05) is 84.3 Å². The molecular weight excluding hydrogens is 632 g/mol. The van der Waals surface area contributed by atoms with Crippen molar-refractivity contribution in [2.24, 2.45) is 20.5 Å². The Morgan fingerprint density at radius 2 is 1.22 bits per heavy atom. The molecule has 0 amide bonds. The molecular formula is C31H25N5Na2O7S. The fourth-order valence-corrected chi connectivity index (χ4v) is 4.98. The Morgan fingerprint density at radius 1 is 0.696 bits per heavy atom. The van der Waals surface area contributed by atoms with Crippen molar-refractivity contribution in [1.82, 2.24) is 0 Å². The van der Waals surface area contributed by atoms with E-state index in [9.17, 15) is 28.0 Å². The van der Waals surface area contributed by atoms with Gasteiger partial charge in [0.2, 0.25) is 0 Å². The summed E-state index contributed by atoms with van der Waals surface area (Å²) in [6.45, 7) is 0. The summed E-state index contributed by atoms with van der Waals surface area (Å²) in [5.74, 6) is -2.06. The first-order chi connectivity index (χ1) is 20.9. The molecule has 0 bridgehead atoms. The second-order valence-electron chi connectivity index (χ2n) is 9.85.